The van der Waals surface area contributed by atoms with Gasteiger partial charge in [-0.2, -0.15) is 0 Å². The van der Waals surface area contributed by atoms with Crippen molar-refractivity contribution in [2.75, 3.05) is 0 Å². The number of hydrogen-bond acceptors (Lipinski definition) is 2. The highest BCUT2D eigenvalue weighted by molar-refractivity contribution is 5.28. The quantitative estimate of drug-likeness (QED) is 0.818. The molecular weight excluding hydrogens is 196 g/mol. The van der Waals surface area contributed by atoms with E-state index in [2.05, 4.69) is 49.3 Å². The first-order valence-corrected chi connectivity index (χ1v) is 5.68. The Morgan fingerprint density at radius 2 is 2.12 bits per heavy atom. The van der Waals surface area contributed by atoms with E-state index >= 15 is 0 Å². The topological polar surface area (TPSA) is 24.9 Å². The Morgan fingerprint density at radius 3 is 2.81 bits per heavy atom. The molecule has 1 aliphatic heterocycles. The predicted octanol–water partition coefficient (Wildman–Crippen LogP) is 2.75. The van der Waals surface area contributed by atoms with E-state index in [9.17, 15) is 0 Å². The fourth-order valence-electron chi connectivity index (χ4n) is 2.13. The van der Waals surface area contributed by atoms with Gasteiger partial charge < -0.3 is 5.32 Å². The van der Waals surface area contributed by atoms with Crippen molar-refractivity contribution in [2.24, 2.45) is 0 Å². The summed E-state index contributed by atoms with van der Waals surface area (Å²) in [4.78, 5) is 4.40. The molecule has 1 N–H and O–H groups in total. The summed E-state index contributed by atoms with van der Waals surface area (Å²) in [5, 5.41) is 3.46. The maximum absolute atomic E-state index is 4.40. The Hall–Kier alpha value is -1.57. The maximum Gasteiger partial charge on any atom is 0.0502 e. The van der Waals surface area contributed by atoms with Crippen LogP contribution in [0.4, 0.5) is 0 Å². The molecule has 1 atom stereocenters. The Labute approximate surface area is 97.1 Å². The number of aromatic nitrogens is 1. The minimum absolute atomic E-state index is 0.374. The standard InChI is InChI=1S/C14H18N2/c1-10-4-5-15-13(7-10)9-14-8-11(2)6-12(3)16-14/h4-8,14,16H,9H2,1-3H3. The molecule has 0 fully saturated rings. The summed E-state index contributed by atoms with van der Waals surface area (Å²) in [7, 11) is 0. The van der Waals surface area contributed by atoms with Crippen LogP contribution in [0.2, 0.25) is 0 Å². The summed E-state index contributed by atoms with van der Waals surface area (Å²) >= 11 is 0. The molecule has 1 aromatic heterocycles. The number of hydrogen-bond donors (Lipinski definition) is 1. The maximum atomic E-state index is 4.40. The Balaban J connectivity index is 2.09. The molecule has 16 heavy (non-hydrogen) atoms. The van der Waals surface area contributed by atoms with Gasteiger partial charge in [0.1, 0.15) is 0 Å². The monoisotopic (exact) mass is 214 g/mol. The lowest BCUT2D eigenvalue weighted by molar-refractivity contribution is 0.643. The van der Waals surface area contributed by atoms with Gasteiger partial charge in [0.05, 0.1) is 6.04 Å². The molecule has 0 aromatic carbocycles. The Bertz CT molecular complexity index is 444. The van der Waals surface area contributed by atoms with Crippen LogP contribution in [0.3, 0.4) is 0 Å². The fourth-order valence-corrected chi connectivity index (χ4v) is 2.13. The fraction of sp³-hybridized carbons (Fsp3) is 0.357. The third-order valence-electron chi connectivity index (χ3n) is 2.72. The zero-order valence-electron chi connectivity index (χ0n) is 10.1. The smallest absolute Gasteiger partial charge is 0.0502 e. The van der Waals surface area contributed by atoms with E-state index in [-0.39, 0.29) is 0 Å². The van der Waals surface area contributed by atoms with Crippen molar-refractivity contribution in [3.05, 3.63) is 53.0 Å². The van der Waals surface area contributed by atoms with Gasteiger partial charge in [-0.1, -0.05) is 11.6 Å². The molecule has 2 heterocycles. The SMILES string of the molecule is CC1=CC(Cc2cc(C)ccn2)NC(C)=C1. The second-order valence-corrected chi connectivity index (χ2v) is 4.52. The molecular formula is C14H18N2. The van der Waals surface area contributed by atoms with E-state index in [1.807, 2.05) is 12.3 Å². The third-order valence-corrected chi connectivity index (χ3v) is 2.72. The highest BCUT2D eigenvalue weighted by Gasteiger charge is 2.11. The second-order valence-electron chi connectivity index (χ2n) is 4.52. The Kier molecular flexibility index (Phi) is 3.09. The summed E-state index contributed by atoms with van der Waals surface area (Å²) in [6.07, 6.45) is 7.26. The number of nitrogens with one attached hydrogen (secondary N) is 1. The number of nitrogens with zero attached hydrogens (tertiary/aromatic N) is 1. The van der Waals surface area contributed by atoms with Crippen molar-refractivity contribution in [3.8, 4) is 0 Å². The van der Waals surface area contributed by atoms with Gasteiger partial charge in [-0.25, -0.2) is 0 Å². The normalized spacial score (nSPS) is 19.8. The van der Waals surface area contributed by atoms with Crippen molar-refractivity contribution in [3.63, 3.8) is 0 Å². The van der Waals surface area contributed by atoms with Crippen LogP contribution in [0.15, 0.2) is 41.8 Å². The summed E-state index contributed by atoms with van der Waals surface area (Å²) in [6, 6.07) is 4.56. The van der Waals surface area contributed by atoms with Crippen LogP contribution in [-0.4, -0.2) is 11.0 Å². The van der Waals surface area contributed by atoms with Crippen molar-refractivity contribution in [2.45, 2.75) is 33.2 Å². The molecule has 2 rings (SSSR count). The van der Waals surface area contributed by atoms with Crippen LogP contribution in [0.1, 0.15) is 25.1 Å². The molecule has 84 valence electrons. The summed E-state index contributed by atoms with van der Waals surface area (Å²) in [5.74, 6) is 0. The lowest BCUT2D eigenvalue weighted by Gasteiger charge is -2.21. The minimum Gasteiger partial charge on any atom is -0.382 e. The number of pyridine rings is 1. The number of aryl methyl sites for hydroxylation is 1. The second kappa shape index (κ2) is 4.52. The first-order valence-electron chi connectivity index (χ1n) is 5.68. The number of dihydropyridines is 1. The van der Waals surface area contributed by atoms with Crippen molar-refractivity contribution in [1.82, 2.24) is 10.3 Å². The molecule has 0 radical (unpaired) electrons. The van der Waals surface area contributed by atoms with Crippen LogP contribution < -0.4 is 5.32 Å². The molecule has 1 unspecified atom stereocenters. The summed E-state index contributed by atoms with van der Waals surface area (Å²) in [6.45, 7) is 6.35. The van der Waals surface area contributed by atoms with E-state index < -0.39 is 0 Å². The highest BCUT2D eigenvalue weighted by Crippen LogP contribution is 2.12. The van der Waals surface area contributed by atoms with Crippen molar-refractivity contribution in [1.29, 1.82) is 0 Å². The van der Waals surface area contributed by atoms with Gasteiger partial charge in [0, 0.05) is 24.0 Å². The first kappa shape index (κ1) is 10.9. The summed E-state index contributed by atoms with van der Waals surface area (Å²) in [5.41, 5.74) is 4.98. The molecule has 0 aliphatic carbocycles. The number of allylic oxidation sites excluding steroid dienone is 3. The van der Waals surface area contributed by atoms with Crippen LogP contribution in [-0.2, 0) is 6.42 Å². The molecule has 0 amide bonds. The molecule has 0 saturated carbocycles. The van der Waals surface area contributed by atoms with Crippen LogP contribution in [0.5, 0.6) is 0 Å². The van der Waals surface area contributed by atoms with E-state index in [0.29, 0.717) is 6.04 Å². The predicted molar refractivity (Wildman–Crippen MR) is 67.1 cm³/mol. The van der Waals surface area contributed by atoms with Gasteiger partial charge in [-0.3, -0.25) is 4.98 Å². The van der Waals surface area contributed by atoms with Gasteiger partial charge >= 0.3 is 0 Å². The molecule has 2 nitrogen and oxygen atoms in total. The zero-order valence-corrected chi connectivity index (χ0v) is 10.1. The molecule has 0 bridgehead atoms. The molecule has 2 heteroatoms. The van der Waals surface area contributed by atoms with E-state index in [4.69, 9.17) is 0 Å². The lowest BCUT2D eigenvalue weighted by atomic mass is 10.0. The largest absolute Gasteiger partial charge is 0.382 e. The average molecular weight is 214 g/mol. The van der Waals surface area contributed by atoms with Gasteiger partial charge in [0.25, 0.3) is 0 Å². The van der Waals surface area contributed by atoms with Gasteiger partial charge in [-0.15, -0.1) is 0 Å². The third kappa shape index (κ3) is 2.72. The van der Waals surface area contributed by atoms with Crippen LogP contribution in [0.25, 0.3) is 0 Å². The summed E-state index contributed by atoms with van der Waals surface area (Å²) < 4.78 is 0. The van der Waals surface area contributed by atoms with E-state index in [1.165, 1.54) is 16.8 Å². The minimum atomic E-state index is 0.374. The Morgan fingerprint density at radius 1 is 1.31 bits per heavy atom. The molecule has 0 saturated heterocycles. The molecule has 1 aliphatic rings. The van der Waals surface area contributed by atoms with Gasteiger partial charge in [0.15, 0.2) is 0 Å². The van der Waals surface area contributed by atoms with E-state index in [0.717, 1.165) is 12.1 Å². The molecule has 1 aromatic rings. The average Bonchev–Trinajstić information content (AvgIpc) is 2.15. The van der Waals surface area contributed by atoms with Crippen LogP contribution in [0, 0.1) is 6.92 Å². The first-order chi connectivity index (χ1) is 7.63. The van der Waals surface area contributed by atoms with Crippen LogP contribution >= 0.6 is 0 Å². The van der Waals surface area contributed by atoms with Crippen molar-refractivity contribution < 1.29 is 0 Å². The zero-order chi connectivity index (χ0) is 11.5. The number of rotatable bonds is 2. The van der Waals surface area contributed by atoms with E-state index in [1.54, 1.807) is 0 Å². The molecule has 0 spiro atoms. The lowest BCUT2D eigenvalue weighted by Crippen LogP contribution is -2.30. The van der Waals surface area contributed by atoms with Gasteiger partial charge in [-0.05, 0) is 44.5 Å². The van der Waals surface area contributed by atoms with Crippen molar-refractivity contribution >= 4 is 0 Å². The van der Waals surface area contributed by atoms with Gasteiger partial charge in [0.2, 0.25) is 0 Å². The highest BCUT2D eigenvalue weighted by atomic mass is 14.9.